The van der Waals surface area contributed by atoms with Gasteiger partial charge in [0.25, 0.3) is 5.56 Å². The van der Waals surface area contributed by atoms with Crippen molar-refractivity contribution in [3.8, 4) is 0 Å². The molecule has 152 valence electrons. The Morgan fingerprint density at radius 2 is 1.80 bits per heavy atom. The first-order chi connectivity index (χ1) is 14.5. The monoisotopic (exact) mass is 467 g/mol. The number of rotatable bonds is 4. The maximum absolute atomic E-state index is 13.4. The number of aromatic nitrogens is 4. The molecule has 1 aliphatic heterocycles. The van der Waals surface area contributed by atoms with Gasteiger partial charge < -0.3 is 10.0 Å². The molecule has 0 aliphatic carbocycles. The van der Waals surface area contributed by atoms with Gasteiger partial charge in [-0.25, -0.2) is 9.20 Å². The number of hydrogen-bond donors (Lipinski definition) is 1. The number of fused-ring (bicyclic) bond motifs is 3. The Hall–Kier alpha value is -3.20. The van der Waals surface area contributed by atoms with E-state index in [-0.39, 0.29) is 17.7 Å². The van der Waals surface area contributed by atoms with Crippen LogP contribution in [0.25, 0.3) is 16.7 Å². The van der Waals surface area contributed by atoms with E-state index in [0.717, 1.165) is 47.4 Å². The highest BCUT2D eigenvalue weighted by Gasteiger charge is 2.22. The van der Waals surface area contributed by atoms with Crippen molar-refractivity contribution in [3.63, 3.8) is 0 Å². The Morgan fingerprint density at radius 1 is 1.07 bits per heavy atom. The molecule has 2 aromatic carbocycles. The van der Waals surface area contributed by atoms with Gasteiger partial charge in [-0.15, -0.1) is 10.2 Å². The fourth-order valence-electron chi connectivity index (χ4n) is 3.97. The van der Waals surface area contributed by atoms with Crippen LogP contribution in [0.5, 0.6) is 0 Å². The molecule has 0 unspecified atom stereocenters. The summed E-state index contributed by atoms with van der Waals surface area (Å²) in [5, 5.41) is 18.5. The van der Waals surface area contributed by atoms with E-state index in [1.54, 1.807) is 16.7 Å². The Kier molecular flexibility index (Phi) is 4.54. The summed E-state index contributed by atoms with van der Waals surface area (Å²) >= 11 is 3.46. The third-order valence-corrected chi connectivity index (χ3v) is 5.97. The van der Waals surface area contributed by atoms with Crippen LogP contribution in [0.3, 0.4) is 0 Å². The molecule has 2 aromatic heterocycles. The number of carboxylic acids is 1. The largest absolute Gasteiger partial charge is 0.478 e. The molecule has 9 heteroatoms. The number of carboxylic acid groups (broad SMARTS) is 1. The van der Waals surface area contributed by atoms with Crippen LogP contribution < -0.4 is 10.5 Å². The van der Waals surface area contributed by atoms with E-state index in [2.05, 4.69) is 31.0 Å². The van der Waals surface area contributed by atoms with Crippen molar-refractivity contribution in [1.82, 2.24) is 19.2 Å². The molecule has 3 heterocycles. The molecular formula is C21H18BrN5O3. The zero-order valence-electron chi connectivity index (χ0n) is 16.0. The lowest BCUT2D eigenvalue weighted by Gasteiger charge is -2.17. The Morgan fingerprint density at radius 3 is 2.50 bits per heavy atom. The van der Waals surface area contributed by atoms with Crippen molar-refractivity contribution >= 4 is 44.5 Å². The van der Waals surface area contributed by atoms with Crippen LogP contribution in [0.4, 0.5) is 5.95 Å². The number of halogens is 1. The molecule has 0 amide bonds. The standard InChI is InChI=1S/C21H18BrN5O3/c22-15-7-8-17-16(11-15)18(28)26(12-13-3-5-14(6-4-13)19(29)30)21-24-23-20(27(17)21)25-9-1-2-10-25/h3-8,11H,1-2,9-10,12H2,(H,29,30). The number of nitrogens with zero attached hydrogens (tertiary/aromatic N) is 5. The number of benzene rings is 2. The second-order valence-electron chi connectivity index (χ2n) is 7.38. The first-order valence-corrected chi connectivity index (χ1v) is 10.5. The lowest BCUT2D eigenvalue weighted by Crippen LogP contribution is -2.26. The second-order valence-corrected chi connectivity index (χ2v) is 8.30. The average Bonchev–Trinajstić information content (AvgIpc) is 3.41. The van der Waals surface area contributed by atoms with Gasteiger partial charge in [-0.3, -0.25) is 9.36 Å². The predicted octanol–water partition coefficient (Wildman–Crippen LogP) is 3.15. The smallest absolute Gasteiger partial charge is 0.335 e. The summed E-state index contributed by atoms with van der Waals surface area (Å²) in [5.41, 5.74) is 1.62. The number of anilines is 1. The number of hydrogen-bond acceptors (Lipinski definition) is 5. The van der Waals surface area contributed by atoms with Gasteiger partial charge in [0.2, 0.25) is 11.7 Å². The molecule has 0 spiro atoms. The molecule has 0 radical (unpaired) electrons. The molecule has 1 saturated heterocycles. The molecule has 4 aromatic rings. The zero-order chi connectivity index (χ0) is 20.8. The average molecular weight is 468 g/mol. The first kappa shape index (κ1) is 18.8. The van der Waals surface area contributed by atoms with Gasteiger partial charge in [0, 0.05) is 17.6 Å². The molecule has 1 N–H and O–H groups in total. The summed E-state index contributed by atoms with van der Waals surface area (Å²) in [6.07, 6.45) is 2.21. The number of carbonyl (C=O) groups is 1. The fraction of sp³-hybridized carbons (Fsp3) is 0.238. The van der Waals surface area contributed by atoms with Gasteiger partial charge >= 0.3 is 5.97 Å². The van der Waals surface area contributed by atoms with Gasteiger partial charge in [-0.2, -0.15) is 0 Å². The van der Waals surface area contributed by atoms with Crippen molar-refractivity contribution in [1.29, 1.82) is 0 Å². The van der Waals surface area contributed by atoms with E-state index < -0.39 is 5.97 Å². The third-order valence-electron chi connectivity index (χ3n) is 5.48. The van der Waals surface area contributed by atoms with E-state index in [0.29, 0.717) is 11.2 Å². The van der Waals surface area contributed by atoms with Crippen LogP contribution in [0.1, 0.15) is 28.8 Å². The van der Waals surface area contributed by atoms with E-state index >= 15 is 0 Å². The number of aromatic carboxylic acids is 1. The minimum absolute atomic E-state index is 0.165. The minimum Gasteiger partial charge on any atom is -0.478 e. The summed E-state index contributed by atoms with van der Waals surface area (Å²) in [4.78, 5) is 26.7. The van der Waals surface area contributed by atoms with Crippen molar-refractivity contribution in [3.05, 3.63) is 68.4 Å². The Balaban J connectivity index is 1.73. The van der Waals surface area contributed by atoms with E-state index in [1.165, 1.54) is 12.1 Å². The van der Waals surface area contributed by atoms with Crippen molar-refractivity contribution in [2.24, 2.45) is 0 Å². The molecule has 0 bridgehead atoms. The van der Waals surface area contributed by atoms with Crippen LogP contribution in [-0.2, 0) is 6.54 Å². The van der Waals surface area contributed by atoms with Crippen LogP contribution >= 0.6 is 15.9 Å². The van der Waals surface area contributed by atoms with Gasteiger partial charge in [0.05, 0.1) is 23.0 Å². The van der Waals surface area contributed by atoms with E-state index in [4.69, 9.17) is 5.11 Å². The lowest BCUT2D eigenvalue weighted by atomic mass is 10.1. The van der Waals surface area contributed by atoms with Gasteiger partial charge in [-0.1, -0.05) is 28.1 Å². The summed E-state index contributed by atoms with van der Waals surface area (Å²) in [5.74, 6) is 0.230. The predicted molar refractivity (Wildman–Crippen MR) is 116 cm³/mol. The third kappa shape index (κ3) is 3.06. The van der Waals surface area contributed by atoms with Gasteiger partial charge in [0.15, 0.2) is 0 Å². The zero-order valence-corrected chi connectivity index (χ0v) is 17.5. The molecule has 8 nitrogen and oxygen atoms in total. The highest BCUT2D eigenvalue weighted by molar-refractivity contribution is 9.10. The normalized spacial score (nSPS) is 14.1. The van der Waals surface area contributed by atoms with Gasteiger partial charge in [-0.05, 0) is 48.7 Å². The quantitative estimate of drug-likeness (QED) is 0.495. The van der Waals surface area contributed by atoms with E-state index in [9.17, 15) is 9.59 Å². The van der Waals surface area contributed by atoms with Crippen molar-refractivity contribution in [2.75, 3.05) is 18.0 Å². The second kappa shape index (κ2) is 7.24. The summed E-state index contributed by atoms with van der Waals surface area (Å²) in [6, 6.07) is 12.1. The highest BCUT2D eigenvalue weighted by atomic mass is 79.9. The van der Waals surface area contributed by atoms with Crippen molar-refractivity contribution < 1.29 is 9.90 Å². The molecular weight excluding hydrogens is 450 g/mol. The maximum atomic E-state index is 13.4. The minimum atomic E-state index is -0.982. The lowest BCUT2D eigenvalue weighted by molar-refractivity contribution is 0.0697. The van der Waals surface area contributed by atoms with Crippen LogP contribution in [0.2, 0.25) is 0 Å². The molecule has 0 atom stereocenters. The first-order valence-electron chi connectivity index (χ1n) is 9.67. The Labute approximate surface area is 179 Å². The van der Waals surface area contributed by atoms with Crippen molar-refractivity contribution in [2.45, 2.75) is 19.4 Å². The molecule has 5 rings (SSSR count). The summed E-state index contributed by atoms with van der Waals surface area (Å²) < 4.78 is 4.36. The fourth-order valence-corrected chi connectivity index (χ4v) is 4.33. The molecule has 1 aliphatic rings. The topological polar surface area (TPSA) is 92.7 Å². The van der Waals surface area contributed by atoms with Gasteiger partial charge in [0.1, 0.15) is 0 Å². The van der Waals surface area contributed by atoms with E-state index in [1.807, 2.05) is 22.6 Å². The van der Waals surface area contributed by atoms with Crippen LogP contribution in [0, 0.1) is 0 Å². The van der Waals surface area contributed by atoms with Crippen LogP contribution in [-0.4, -0.2) is 43.3 Å². The molecule has 30 heavy (non-hydrogen) atoms. The summed E-state index contributed by atoms with van der Waals surface area (Å²) in [7, 11) is 0. The molecule has 1 fully saturated rings. The molecule has 0 saturated carbocycles. The maximum Gasteiger partial charge on any atom is 0.335 e. The summed E-state index contributed by atoms with van der Waals surface area (Å²) in [6.45, 7) is 2.09. The highest BCUT2D eigenvalue weighted by Crippen LogP contribution is 2.25. The van der Waals surface area contributed by atoms with Crippen LogP contribution in [0.15, 0.2) is 51.7 Å². The Bertz CT molecular complexity index is 1340. The SMILES string of the molecule is O=C(O)c1ccc(Cn2c(=O)c3cc(Br)ccc3n3c(N4CCCC4)nnc23)cc1.